The molecule has 1 nitrogen and oxygen atoms in total. The quantitative estimate of drug-likeness (QED) is 0.328. The zero-order chi connectivity index (χ0) is 20.3. The maximum absolute atomic E-state index is 3.61. The lowest BCUT2D eigenvalue weighted by molar-refractivity contribution is 1.47. The molecule has 30 heavy (non-hydrogen) atoms. The average Bonchev–Trinajstić information content (AvgIpc) is 2.81. The molecule has 5 rings (SSSR count). The van der Waals surface area contributed by atoms with E-state index in [4.69, 9.17) is 0 Å². The Kier molecular flexibility index (Phi) is 4.78. The van der Waals surface area contributed by atoms with Crippen LogP contribution in [0, 0.1) is 6.92 Å². The van der Waals surface area contributed by atoms with Gasteiger partial charge in [-0.2, -0.15) is 0 Å². The van der Waals surface area contributed by atoms with Gasteiger partial charge in [0.15, 0.2) is 0 Å². The van der Waals surface area contributed by atoms with E-state index in [1.165, 1.54) is 38.6 Å². The van der Waals surface area contributed by atoms with E-state index in [2.05, 4.69) is 128 Å². The van der Waals surface area contributed by atoms with Crippen LogP contribution in [-0.2, 0) is 0 Å². The fourth-order valence-electron chi connectivity index (χ4n) is 3.93. The van der Waals surface area contributed by atoms with E-state index in [-0.39, 0.29) is 0 Å². The number of fused-ring (bicyclic) bond motifs is 1. The molecule has 0 aliphatic rings. The van der Waals surface area contributed by atoms with Crippen LogP contribution in [0.5, 0.6) is 0 Å². The summed E-state index contributed by atoms with van der Waals surface area (Å²) >= 11 is 0. The molecular formula is C29H23N. The maximum Gasteiger partial charge on any atom is 0.0464 e. The Morgan fingerprint density at radius 1 is 0.467 bits per heavy atom. The standard InChI is InChI=1S/C29H23N/c1-21-11-13-22(14-12-21)23-15-17-25(18-16-23)30-29-20-19-26(24-7-3-2-4-8-24)27-9-5-6-10-28(27)29/h2-20,30H,1H3. The normalized spacial score (nSPS) is 10.8. The summed E-state index contributed by atoms with van der Waals surface area (Å²) in [5.41, 5.74) is 8.45. The van der Waals surface area contributed by atoms with Crippen molar-refractivity contribution in [2.24, 2.45) is 0 Å². The van der Waals surface area contributed by atoms with Crippen molar-refractivity contribution in [2.45, 2.75) is 6.92 Å². The Morgan fingerprint density at radius 3 is 1.77 bits per heavy atom. The molecule has 1 heteroatoms. The van der Waals surface area contributed by atoms with Gasteiger partial charge in [0.05, 0.1) is 0 Å². The van der Waals surface area contributed by atoms with Crippen molar-refractivity contribution in [1.29, 1.82) is 0 Å². The van der Waals surface area contributed by atoms with Gasteiger partial charge in [-0.3, -0.25) is 0 Å². The second kappa shape index (κ2) is 7.88. The van der Waals surface area contributed by atoms with Crippen LogP contribution in [-0.4, -0.2) is 0 Å². The third-order valence-corrected chi connectivity index (χ3v) is 5.56. The van der Waals surface area contributed by atoms with Gasteiger partial charge in [0.1, 0.15) is 0 Å². The van der Waals surface area contributed by atoms with Crippen LogP contribution < -0.4 is 5.32 Å². The molecule has 0 aliphatic carbocycles. The Bertz CT molecular complexity index is 1280. The molecule has 5 aromatic rings. The Labute approximate surface area is 177 Å². The fourth-order valence-corrected chi connectivity index (χ4v) is 3.93. The monoisotopic (exact) mass is 385 g/mol. The summed E-state index contributed by atoms with van der Waals surface area (Å²) in [6.07, 6.45) is 0. The van der Waals surface area contributed by atoms with Gasteiger partial charge in [-0.1, -0.05) is 103 Å². The van der Waals surface area contributed by atoms with Crippen molar-refractivity contribution >= 4 is 22.1 Å². The first-order chi connectivity index (χ1) is 14.8. The maximum atomic E-state index is 3.61. The smallest absolute Gasteiger partial charge is 0.0464 e. The van der Waals surface area contributed by atoms with Gasteiger partial charge in [0.2, 0.25) is 0 Å². The van der Waals surface area contributed by atoms with Gasteiger partial charge in [-0.15, -0.1) is 0 Å². The van der Waals surface area contributed by atoms with Gasteiger partial charge in [0.25, 0.3) is 0 Å². The van der Waals surface area contributed by atoms with Crippen LogP contribution in [0.1, 0.15) is 5.56 Å². The summed E-state index contributed by atoms with van der Waals surface area (Å²) < 4.78 is 0. The lowest BCUT2D eigenvalue weighted by Crippen LogP contribution is -1.93. The highest BCUT2D eigenvalue weighted by molar-refractivity contribution is 6.04. The molecule has 0 fully saturated rings. The second-order valence-corrected chi connectivity index (χ2v) is 7.64. The van der Waals surface area contributed by atoms with Crippen molar-refractivity contribution in [3.8, 4) is 22.3 Å². The average molecular weight is 386 g/mol. The molecule has 0 radical (unpaired) electrons. The Hall–Kier alpha value is -3.84. The lowest BCUT2D eigenvalue weighted by Gasteiger charge is -2.14. The molecule has 0 bridgehead atoms. The van der Waals surface area contributed by atoms with Gasteiger partial charge in [-0.05, 0) is 52.8 Å². The zero-order valence-corrected chi connectivity index (χ0v) is 17.0. The topological polar surface area (TPSA) is 12.0 Å². The van der Waals surface area contributed by atoms with E-state index in [9.17, 15) is 0 Å². The van der Waals surface area contributed by atoms with Crippen molar-refractivity contribution in [1.82, 2.24) is 0 Å². The summed E-state index contributed by atoms with van der Waals surface area (Å²) in [5.74, 6) is 0. The van der Waals surface area contributed by atoms with Crippen molar-refractivity contribution in [3.05, 3.63) is 121 Å². The number of anilines is 2. The van der Waals surface area contributed by atoms with E-state index in [1.807, 2.05) is 0 Å². The minimum Gasteiger partial charge on any atom is -0.355 e. The lowest BCUT2D eigenvalue weighted by atomic mass is 9.97. The zero-order valence-electron chi connectivity index (χ0n) is 17.0. The first-order valence-corrected chi connectivity index (χ1v) is 10.3. The van der Waals surface area contributed by atoms with Crippen molar-refractivity contribution in [2.75, 3.05) is 5.32 Å². The molecule has 0 spiro atoms. The summed E-state index contributed by atoms with van der Waals surface area (Å²) in [6, 6.07) is 40.8. The highest BCUT2D eigenvalue weighted by atomic mass is 14.9. The largest absolute Gasteiger partial charge is 0.355 e. The van der Waals surface area contributed by atoms with E-state index < -0.39 is 0 Å². The van der Waals surface area contributed by atoms with Gasteiger partial charge in [-0.25, -0.2) is 0 Å². The molecule has 0 atom stereocenters. The van der Waals surface area contributed by atoms with E-state index in [0.29, 0.717) is 0 Å². The number of rotatable bonds is 4. The highest BCUT2D eigenvalue weighted by Crippen LogP contribution is 2.34. The van der Waals surface area contributed by atoms with Crippen LogP contribution in [0.2, 0.25) is 0 Å². The van der Waals surface area contributed by atoms with Gasteiger partial charge >= 0.3 is 0 Å². The number of benzene rings is 5. The number of aryl methyl sites for hydroxylation is 1. The molecular weight excluding hydrogens is 362 g/mol. The fraction of sp³-hybridized carbons (Fsp3) is 0.0345. The molecule has 0 aliphatic heterocycles. The first-order valence-electron chi connectivity index (χ1n) is 10.3. The molecule has 0 aromatic heterocycles. The molecule has 0 heterocycles. The van der Waals surface area contributed by atoms with Crippen molar-refractivity contribution < 1.29 is 0 Å². The summed E-state index contributed by atoms with van der Waals surface area (Å²) in [5, 5.41) is 6.09. The third-order valence-electron chi connectivity index (χ3n) is 5.56. The molecule has 0 saturated heterocycles. The Balaban J connectivity index is 1.48. The summed E-state index contributed by atoms with van der Waals surface area (Å²) in [6.45, 7) is 2.12. The summed E-state index contributed by atoms with van der Waals surface area (Å²) in [7, 11) is 0. The molecule has 144 valence electrons. The third kappa shape index (κ3) is 3.58. The predicted octanol–water partition coefficient (Wildman–Crippen LogP) is 8.23. The van der Waals surface area contributed by atoms with E-state index in [1.54, 1.807) is 0 Å². The second-order valence-electron chi connectivity index (χ2n) is 7.64. The van der Waals surface area contributed by atoms with Crippen molar-refractivity contribution in [3.63, 3.8) is 0 Å². The Morgan fingerprint density at radius 2 is 1.07 bits per heavy atom. The van der Waals surface area contributed by atoms with E-state index >= 15 is 0 Å². The predicted molar refractivity (Wildman–Crippen MR) is 129 cm³/mol. The van der Waals surface area contributed by atoms with Crippen LogP contribution in [0.25, 0.3) is 33.0 Å². The minimum atomic E-state index is 1.09. The molecule has 1 N–H and O–H groups in total. The molecule has 0 amide bonds. The molecule has 0 unspecified atom stereocenters. The SMILES string of the molecule is Cc1ccc(-c2ccc(Nc3ccc(-c4ccccc4)c4ccccc34)cc2)cc1. The summed E-state index contributed by atoms with van der Waals surface area (Å²) in [4.78, 5) is 0. The van der Waals surface area contributed by atoms with Gasteiger partial charge < -0.3 is 5.32 Å². The van der Waals surface area contributed by atoms with E-state index in [0.717, 1.165) is 11.4 Å². The highest BCUT2D eigenvalue weighted by Gasteiger charge is 2.08. The molecule has 5 aromatic carbocycles. The van der Waals surface area contributed by atoms with Crippen LogP contribution in [0.4, 0.5) is 11.4 Å². The van der Waals surface area contributed by atoms with Crippen LogP contribution in [0.15, 0.2) is 115 Å². The first kappa shape index (κ1) is 18.2. The number of hydrogen-bond acceptors (Lipinski definition) is 1. The van der Waals surface area contributed by atoms with Gasteiger partial charge in [0, 0.05) is 16.8 Å². The minimum absolute atomic E-state index is 1.09. The number of nitrogens with one attached hydrogen (secondary N) is 1. The van der Waals surface area contributed by atoms with Crippen LogP contribution in [0.3, 0.4) is 0 Å². The van der Waals surface area contributed by atoms with Crippen LogP contribution >= 0.6 is 0 Å². The molecule has 0 saturated carbocycles. The number of hydrogen-bond donors (Lipinski definition) is 1.